The van der Waals surface area contributed by atoms with Gasteiger partial charge in [-0.25, -0.2) is 14.8 Å². The summed E-state index contributed by atoms with van der Waals surface area (Å²) in [5.41, 5.74) is 0.789. The Hall–Kier alpha value is -2.43. The molecule has 2 rings (SSSR count). The van der Waals surface area contributed by atoms with Crippen LogP contribution in [-0.4, -0.2) is 27.7 Å². The summed E-state index contributed by atoms with van der Waals surface area (Å²) in [6.07, 6.45) is 5.13. The second kappa shape index (κ2) is 6.65. The van der Waals surface area contributed by atoms with Crippen molar-refractivity contribution in [2.24, 2.45) is 0 Å². The fourth-order valence-corrected chi connectivity index (χ4v) is 1.74. The van der Waals surface area contributed by atoms with E-state index in [1.54, 1.807) is 36.7 Å². The Morgan fingerprint density at radius 2 is 2.05 bits per heavy atom. The lowest BCUT2D eigenvalue weighted by molar-refractivity contribution is 0.0692. The highest BCUT2D eigenvalue weighted by molar-refractivity contribution is 5.92. The van der Waals surface area contributed by atoms with Crippen molar-refractivity contribution in [2.75, 3.05) is 6.61 Å². The van der Waals surface area contributed by atoms with E-state index in [-0.39, 0.29) is 5.56 Å². The average Bonchev–Trinajstić information content (AvgIpc) is 2.48. The number of nitrogens with zero attached hydrogens (tertiary/aromatic N) is 2. The monoisotopic (exact) mass is 272 g/mol. The lowest BCUT2D eigenvalue weighted by atomic mass is 10.1. The van der Waals surface area contributed by atoms with E-state index in [0.717, 1.165) is 12.8 Å². The maximum atomic E-state index is 11.3. The molecular formula is C15H16N2O3. The lowest BCUT2D eigenvalue weighted by Crippen LogP contribution is -2.05. The van der Waals surface area contributed by atoms with Gasteiger partial charge in [0, 0.05) is 18.0 Å². The van der Waals surface area contributed by atoms with Crippen LogP contribution in [0.2, 0.25) is 0 Å². The van der Waals surface area contributed by atoms with Crippen LogP contribution in [-0.2, 0) is 0 Å². The predicted octanol–water partition coefficient (Wildman–Crippen LogP) is 3.02. The smallest absolute Gasteiger partial charge is 0.339 e. The molecule has 0 aliphatic heterocycles. The molecule has 104 valence electrons. The first-order valence-electron chi connectivity index (χ1n) is 6.50. The SMILES string of the molecule is CCCCOc1ccc(-c2ncccn2)cc1C(=O)O. The van der Waals surface area contributed by atoms with Crippen LogP contribution >= 0.6 is 0 Å². The standard InChI is InChI=1S/C15H16N2O3/c1-2-3-9-20-13-6-5-11(10-12(13)15(18)19)14-16-7-4-8-17-14/h4-8,10H,2-3,9H2,1H3,(H,18,19). The van der Waals surface area contributed by atoms with Crippen LogP contribution in [0.5, 0.6) is 5.75 Å². The number of ether oxygens (including phenoxy) is 1. The van der Waals surface area contributed by atoms with Gasteiger partial charge in [-0.3, -0.25) is 0 Å². The summed E-state index contributed by atoms with van der Waals surface area (Å²) >= 11 is 0. The molecule has 0 spiro atoms. The summed E-state index contributed by atoms with van der Waals surface area (Å²) in [7, 11) is 0. The third kappa shape index (κ3) is 3.32. The first-order chi connectivity index (χ1) is 9.72. The fourth-order valence-electron chi connectivity index (χ4n) is 1.74. The maximum absolute atomic E-state index is 11.3. The van der Waals surface area contributed by atoms with Crippen LogP contribution in [0.1, 0.15) is 30.1 Å². The van der Waals surface area contributed by atoms with Crippen LogP contribution in [0.25, 0.3) is 11.4 Å². The van der Waals surface area contributed by atoms with Gasteiger partial charge in [0.2, 0.25) is 0 Å². The van der Waals surface area contributed by atoms with Crippen molar-refractivity contribution in [3.05, 3.63) is 42.2 Å². The molecule has 0 atom stereocenters. The summed E-state index contributed by atoms with van der Waals surface area (Å²) in [6.45, 7) is 2.56. The zero-order chi connectivity index (χ0) is 14.4. The molecular weight excluding hydrogens is 256 g/mol. The Bertz CT molecular complexity index is 585. The third-order valence-corrected chi connectivity index (χ3v) is 2.79. The van der Waals surface area contributed by atoms with Crippen LogP contribution in [0.3, 0.4) is 0 Å². The van der Waals surface area contributed by atoms with E-state index >= 15 is 0 Å². The molecule has 0 saturated carbocycles. The van der Waals surface area contributed by atoms with Gasteiger partial charge in [-0.2, -0.15) is 0 Å². The van der Waals surface area contributed by atoms with Gasteiger partial charge in [0.15, 0.2) is 5.82 Å². The lowest BCUT2D eigenvalue weighted by Gasteiger charge is -2.10. The Morgan fingerprint density at radius 1 is 1.30 bits per heavy atom. The van der Waals surface area contributed by atoms with E-state index < -0.39 is 5.97 Å². The number of carboxylic acid groups (broad SMARTS) is 1. The maximum Gasteiger partial charge on any atom is 0.339 e. The van der Waals surface area contributed by atoms with Gasteiger partial charge >= 0.3 is 5.97 Å². The van der Waals surface area contributed by atoms with Crippen LogP contribution in [0.15, 0.2) is 36.7 Å². The van der Waals surface area contributed by atoms with Crippen LogP contribution in [0.4, 0.5) is 0 Å². The second-order valence-electron chi connectivity index (χ2n) is 4.29. The van der Waals surface area contributed by atoms with E-state index in [4.69, 9.17) is 4.74 Å². The van der Waals surface area contributed by atoms with Crippen molar-refractivity contribution in [2.45, 2.75) is 19.8 Å². The van der Waals surface area contributed by atoms with Crippen molar-refractivity contribution in [1.29, 1.82) is 0 Å². The number of aromatic carboxylic acids is 1. The summed E-state index contributed by atoms with van der Waals surface area (Å²) in [5.74, 6) is -0.144. The molecule has 0 radical (unpaired) electrons. The molecule has 0 fully saturated rings. The van der Waals surface area contributed by atoms with Gasteiger partial charge in [-0.1, -0.05) is 13.3 Å². The number of carbonyl (C=O) groups is 1. The number of aromatic nitrogens is 2. The van der Waals surface area contributed by atoms with Gasteiger partial charge in [0.25, 0.3) is 0 Å². The predicted molar refractivity (Wildman–Crippen MR) is 74.8 cm³/mol. The highest BCUT2D eigenvalue weighted by atomic mass is 16.5. The Labute approximate surface area is 117 Å². The van der Waals surface area contributed by atoms with Crippen molar-refractivity contribution < 1.29 is 14.6 Å². The summed E-state index contributed by atoms with van der Waals surface area (Å²) < 4.78 is 5.51. The van der Waals surface area contributed by atoms with E-state index in [0.29, 0.717) is 23.7 Å². The van der Waals surface area contributed by atoms with Crippen LogP contribution in [0, 0.1) is 0 Å². The fraction of sp³-hybridized carbons (Fsp3) is 0.267. The minimum Gasteiger partial charge on any atom is -0.493 e. The van der Waals surface area contributed by atoms with Gasteiger partial charge in [0.05, 0.1) is 6.61 Å². The molecule has 0 saturated heterocycles. The molecule has 0 amide bonds. The zero-order valence-corrected chi connectivity index (χ0v) is 11.2. The van der Waals surface area contributed by atoms with Gasteiger partial charge in [0.1, 0.15) is 11.3 Å². The molecule has 5 nitrogen and oxygen atoms in total. The minimum absolute atomic E-state index is 0.131. The number of carboxylic acids is 1. The summed E-state index contributed by atoms with van der Waals surface area (Å²) in [4.78, 5) is 19.5. The molecule has 1 aromatic carbocycles. The topological polar surface area (TPSA) is 72.3 Å². The zero-order valence-electron chi connectivity index (χ0n) is 11.2. The summed E-state index contributed by atoms with van der Waals surface area (Å²) in [5, 5.41) is 9.27. The first-order valence-corrected chi connectivity index (χ1v) is 6.50. The average molecular weight is 272 g/mol. The number of unbranched alkanes of at least 4 members (excludes halogenated alkanes) is 1. The van der Waals surface area contributed by atoms with E-state index in [2.05, 4.69) is 16.9 Å². The molecule has 0 aliphatic carbocycles. The van der Waals surface area contributed by atoms with E-state index in [1.165, 1.54) is 0 Å². The number of benzene rings is 1. The first kappa shape index (κ1) is 14.0. The molecule has 1 N–H and O–H groups in total. The molecule has 0 aliphatic rings. The van der Waals surface area contributed by atoms with Crippen molar-refractivity contribution in [3.8, 4) is 17.1 Å². The quantitative estimate of drug-likeness (QED) is 0.818. The van der Waals surface area contributed by atoms with Crippen molar-refractivity contribution in [1.82, 2.24) is 9.97 Å². The van der Waals surface area contributed by atoms with Gasteiger partial charge < -0.3 is 9.84 Å². The molecule has 5 heteroatoms. The Kier molecular flexibility index (Phi) is 4.65. The summed E-state index contributed by atoms with van der Waals surface area (Å²) in [6, 6.07) is 6.68. The Balaban J connectivity index is 2.30. The number of rotatable bonds is 6. The number of hydrogen-bond donors (Lipinski definition) is 1. The third-order valence-electron chi connectivity index (χ3n) is 2.79. The van der Waals surface area contributed by atoms with Gasteiger partial charge in [-0.05, 0) is 30.7 Å². The van der Waals surface area contributed by atoms with Crippen molar-refractivity contribution in [3.63, 3.8) is 0 Å². The minimum atomic E-state index is -1.02. The van der Waals surface area contributed by atoms with Crippen molar-refractivity contribution >= 4 is 5.97 Å². The molecule has 2 aromatic rings. The molecule has 1 heterocycles. The molecule has 0 bridgehead atoms. The molecule has 0 unspecified atom stereocenters. The Morgan fingerprint density at radius 3 is 2.70 bits per heavy atom. The number of hydrogen-bond acceptors (Lipinski definition) is 4. The molecule has 1 aromatic heterocycles. The second-order valence-corrected chi connectivity index (χ2v) is 4.29. The molecule has 20 heavy (non-hydrogen) atoms. The van der Waals surface area contributed by atoms with E-state index in [9.17, 15) is 9.90 Å². The largest absolute Gasteiger partial charge is 0.493 e. The van der Waals surface area contributed by atoms with Gasteiger partial charge in [-0.15, -0.1) is 0 Å². The normalized spacial score (nSPS) is 10.2. The van der Waals surface area contributed by atoms with Crippen LogP contribution < -0.4 is 4.74 Å². The van der Waals surface area contributed by atoms with E-state index in [1.807, 2.05) is 0 Å². The highest BCUT2D eigenvalue weighted by Gasteiger charge is 2.13. The highest BCUT2D eigenvalue weighted by Crippen LogP contribution is 2.25.